The van der Waals surface area contributed by atoms with E-state index in [1.807, 2.05) is 25.5 Å². The average Bonchev–Trinajstić information content (AvgIpc) is 3.03. The highest BCUT2D eigenvalue weighted by molar-refractivity contribution is 5.86. The quantitative estimate of drug-likeness (QED) is 0.707. The van der Waals surface area contributed by atoms with Crippen LogP contribution < -0.4 is 20.1 Å². The van der Waals surface area contributed by atoms with Gasteiger partial charge in [0.1, 0.15) is 6.61 Å². The maximum absolute atomic E-state index is 13.0. The summed E-state index contributed by atoms with van der Waals surface area (Å²) in [5.41, 5.74) is 3.56. The summed E-state index contributed by atoms with van der Waals surface area (Å²) in [6.45, 7) is 6.85. The molecule has 0 saturated carbocycles. The summed E-state index contributed by atoms with van der Waals surface area (Å²) >= 11 is 0. The normalized spacial score (nSPS) is 18.6. The number of hydrogen-bond donors (Lipinski definition) is 2. The molecule has 0 bridgehead atoms. The molecular formula is C21H28N4O5. The topological polar surface area (TPSA) is 104 Å². The molecule has 1 saturated heterocycles. The minimum absolute atomic E-state index is 0.173. The Morgan fingerprint density at radius 2 is 2.03 bits per heavy atom. The molecule has 1 aliphatic rings. The molecule has 0 spiro atoms. The summed E-state index contributed by atoms with van der Waals surface area (Å²) in [4.78, 5) is 24.9. The van der Waals surface area contributed by atoms with E-state index in [1.165, 1.54) is 7.11 Å². The molecule has 2 N–H and O–H groups in total. The number of ether oxygens (including phenoxy) is 3. The molecular weight excluding hydrogens is 388 g/mol. The Kier molecular flexibility index (Phi) is 6.61. The summed E-state index contributed by atoms with van der Waals surface area (Å²) in [6.07, 6.45) is -0.873. The lowest BCUT2D eigenvalue weighted by Crippen LogP contribution is -2.52. The predicted octanol–water partition coefficient (Wildman–Crippen LogP) is 1.41. The Labute approximate surface area is 175 Å². The molecule has 1 aliphatic heterocycles. The van der Waals surface area contributed by atoms with Crippen LogP contribution >= 0.6 is 0 Å². The van der Waals surface area contributed by atoms with Gasteiger partial charge in [-0.15, -0.1) is 0 Å². The smallest absolute Gasteiger partial charge is 0.251 e. The van der Waals surface area contributed by atoms with Gasteiger partial charge >= 0.3 is 0 Å². The van der Waals surface area contributed by atoms with E-state index in [0.29, 0.717) is 23.6 Å². The van der Waals surface area contributed by atoms with Crippen molar-refractivity contribution in [3.63, 3.8) is 0 Å². The van der Waals surface area contributed by atoms with Gasteiger partial charge < -0.3 is 24.8 Å². The number of nitrogens with zero attached hydrogens (tertiary/aromatic N) is 2. The number of morpholine rings is 1. The molecule has 162 valence electrons. The maximum atomic E-state index is 13.0. The molecule has 9 heteroatoms. The molecule has 1 fully saturated rings. The second kappa shape index (κ2) is 9.17. The van der Waals surface area contributed by atoms with Crippen LogP contribution in [0.5, 0.6) is 11.5 Å². The van der Waals surface area contributed by atoms with E-state index in [4.69, 9.17) is 14.2 Å². The molecule has 30 heavy (non-hydrogen) atoms. The van der Waals surface area contributed by atoms with Crippen molar-refractivity contribution in [1.29, 1.82) is 0 Å². The van der Waals surface area contributed by atoms with Gasteiger partial charge in [0.15, 0.2) is 17.6 Å². The number of hydrogen-bond acceptors (Lipinski definition) is 6. The summed E-state index contributed by atoms with van der Waals surface area (Å²) < 4.78 is 18.1. The van der Waals surface area contributed by atoms with Gasteiger partial charge in [0.2, 0.25) is 5.91 Å². The standard InChI is InChI=1S/C21H28N4O5/c1-6-25-13(3)15(12(2)24-25)10-22-21(27)20-19(23-18(26)11-30-20)14-7-8-16(28-4)17(9-14)29-5/h7-9,19-20H,6,10-11H2,1-5H3,(H,22,27)(H,23,26)/t19-,20+/m1/s1. The third-order valence-corrected chi connectivity index (χ3v) is 5.31. The fourth-order valence-electron chi connectivity index (χ4n) is 3.66. The first-order valence-corrected chi connectivity index (χ1v) is 9.83. The Morgan fingerprint density at radius 3 is 2.67 bits per heavy atom. The first-order chi connectivity index (χ1) is 14.4. The van der Waals surface area contributed by atoms with Crippen LogP contribution in [0.4, 0.5) is 0 Å². The average molecular weight is 416 g/mol. The Balaban J connectivity index is 1.80. The minimum atomic E-state index is -0.873. The van der Waals surface area contributed by atoms with Crippen molar-refractivity contribution < 1.29 is 23.8 Å². The molecule has 2 amide bonds. The Bertz CT molecular complexity index is 940. The van der Waals surface area contributed by atoms with E-state index >= 15 is 0 Å². The summed E-state index contributed by atoms with van der Waals surface area (Å²) in [5, 5.41) is 10.3. The van der Waals surface area contributed by atoms with Crippen LogP contribution in [0.15, 0.2) is 18.2 Å². The number of amides is 2. The van der Waals surface area contributed by atoms with Crippen molar-refractivity contribution in [2.24, 2.45) is 0 Å². The maximum Gasteiger partial charge on any atom is 0.251 e. The van der Waals surface area contributed by atoms with Crippen LogP contribution in [0.3, 0.4) is 0 Å². The van der Waals surface area contributed by atoms with E-state index < -0.39 is 12.1 Å². The van der Waals surface area contributed by atoms with E-state index in [0.717, 1.165) is 23.5 Å². The lowest BCUT2D eigenvalue weighted by Gasteiger charge is -2.32. The number of aromatic nitrogens is 2. The number of nitrogens with one attached hydrogen (secondary N) is 2. The van der Waals surface area contributed by atoms with Crippen molar-refractivity contribution in [2.75, 3.05) is 20.8 Å². The van der Waals surface area contributed by atoms with Gasteiger partial charge in [-0.1, -0.05) is 6.07 Å². The Hall–Kier alpha value is -3.07. The third kappa shape index (κ3) is 4.25. The van der Waals surface area contributed by atoms with E-state index in [9.17, 15) is 9.59 Å². The second-order valence-corrected chi connectivity index (χ2v) is 7.07. The van der Waals surface area contributed by atoms with E-state index in [-0.39, 0.29) is 18.4 Å². The monoisotopic (exact) mass is 416 g/mol. The Morgan fingerprint density at radius 1 is 1.30 bits per heavy atom. The number of benzene rings is 1. The molecule has 2 heterocycles. The molecule has 0 radical (unpaired) electrons. The second-order valence-electron chi connectivity index (χ2n) is 7.07. The highest BCUT2D eigenvalue weighted by Crippen LogP contribution is 2.32. The zero-order valence-corrected chi connectivity index (χ0v) is 17.9. The number of carbonyl (C=O) groups excluding carboxylic acids is 2. The fourth-order valence-corrected chi connectivity index (χ4v) is 3.66. The highest BCUT2D eigenvalue weighted by atomic mass is 16.5. The van der Waals surface area contributed by atoms with Crippen molar-refractivity contribution in [1.82, 2.24) is 20.4 Å². The molecule has 0 unspecified atom stereocenters. The molecule has 2 aromatic rings. The van der Waals surface area contributed by atoms with Crippen molar-refractivity contribution >= 4 is 11.8 Å². The molecule has 2 atom stereocenters. The summed E-state index contributed by atoms with van der Waals surface area (Å²) in [7, 11) is 3.08. The SMILES string of the molecule is CCn1nc(C)c(CNC(=O)[C@H]2OCC(=O)N[C@@H]2c2ccc(OC)c(OC)c2)c1C. The third-order valence-electron chi connectivity index (χ3n) is 5.31. The molecule has 9 nitrogen and oxygen atoms in total. The van der Waals surface area contributed by atoms with E-state index in [1.54, 1.807) is 25.3 Å². The lowest BCUT2D eigenvalue weighted by atomic mass is 9.98. The van der Waals surface area contributed by atoms with Crippen LogP contribution in [0.1, 0.15) is 35.5 Å². The molecule has 1 aromatic carbocycles. The van der Waals surface area contributed by atoms with Crippen LogP contribution in [-0.4, -0.2) is 48.5 Å². The van der Waals surface area contributed by atoms with Crippen LogP contribution in [0.2, 0.25) is 0 Å². The van der Waals surface area contributed by atoms with Crippen molar-refractivity contribution in [3.05, 3.63) is 40.7 Å². The zero-order chi connectivity index (χ0) is 21.8. The number of carbonyl (C=O) groups is 2. The van der Waals surface area contributed by atoms with Gasteiger partial charge in [-0.2, -0.15) is 5.10 Å². The van der Waals surface area contributed by atoms with E-state index in [2.05, 4.69) is 15.7 Å². The fraction of sp³-hybridized carbons (Fsp3) is 0.476. The highest BCUT2D eigenvalue weighted by Gasteiger charge is 2.36. The molecule has 1 aromatic heterocycles. The first kappa shape index (κ1) is 21.6. The number of aryl methyl sites for hydroxylation is 2. The van der Waals surface area contributed by atoms with Gasteiger partial charge in [0, 0.05) is 24.3 Å². The van der Waals surface area contributed by atoms with Crippen LogP contribution in [0.25, 0.3) is 0 Å². The molecule has 0 aliphatic carbocycles. The summed E-state index contributed by atoms with van der Waals surface area (Å²) in [5.74, 6) is 0.476. The van der Waals surface area contributed by atoms with Crippen LogP contribution in [0, 0.1) is 13.8 Å². The number of rotatable bonds is 7. The largest absolute Gasteiger partial charge is 0.493 e. The predicted molar refractivity (Wildman–Crippen MR) is 109 cm³/mol. The molecule has 3 rings (SSSR count). The van der Waals surface area contributed by atoms with Gasteiger partial charge in [-0.3, -0.25) is 14.3 Å². The zero-order valence-electron chi connectivity index (χ0n) is 17.9. The van der Waals surface area contributed by atoms with Crippen LogP contribution in [-0.2, 0) is 27.4 Å². The van der Waals surface area contributed by atoms with Gasteiger partial charge in [0.25, 0.3) is 5.91 Å². The van der Waals surface area contributed by atoms with Gasteiger partial charge in [-0.25, -0.2) is 0 Å². The van der Waals surface area contributed by atoms with Crippen molar-refractivity contribution in [2.45, 2.75) is 46.0 Å². The summed E-state index contributed by atoms with van der Waals surface area (Å²) in [6, 6.07) is 4.60. The van der Waals surface area contributed by atoms with Crippen molar-refractivity contribution in [3.8, 4) is 11.5 Å². The van der Waals surface area contributed by atoms with Gasteiger partial charge in [-0.05, 0) is 38.5 Å². The lowest BCUT2D eigenvalue weighted by molar-refractivity contribution is -0.148. The van der Waals surface area contributed by atoms with Gasteiger partial charge in [0.05, 0.1) is 26.0 Å². The first-order valence-electron chi connectivity index (χ1n) is 9.83. The number of methoxy groups -OCH3 is 2. The minimum Gasteiger partial charge on any atom is -0.493 e.